The van der Waals surface area contributed by atoms with E-state index < -0.39 is 21.1 Å². The third kappa shape index (κ3) is 3.09. The van der Waals surface area contributed by atoms with Crippen LogP contribution in [0.25, 0.3) is 0 Å². The van der Waals surface area contributed by atoms with Gasteiger partial charge in [-0.2, -0.15) is 17.5 Å². The first-order valence-electron chi connectivity index (χ1n) is 7.49. The second-order valence-electron chi connectivity index (χ2n) is 5.92. The van der Waals surface area contributed by atoms with Gasteiger partial charge in [0.25, 0.3) is 0 Å². The van der Waals surface area contributed by atoms with Crippen LogP contribution < -0.4 is 4.74 Å². The van der Waals surface area contributed by atoms with Crippen LogP contribution in [0.4, 0.5) is 13.2 Å². The Labute approximate surface area is 137 Å². The van der Waals surface area contributed by atoms with Crippen molar-refractivity contribution in [3.05, 3.63) is 24.4 Å². The topological polar surface area (TPSA) is 68.7 Å². The van der Waals surface area contributed by atoms with E-state index in [0.717, 1.165) is 0 Å². The van der Waals surface area contributed by atoms with Crippen LogP contribution in [-0.2, 0) is 14.8 Å². The molecule has 0 aliphatic carbocycles. The maximum Gasteiger partial charge on any atom is 0.511 e. The molecule has 134 valence electrons. The highest BCUT2D eigenvalue weighted by molar-refractivity contribution is 7.90. The lowest BCUT2D eigenvalue weighted by Gasteiger charge is -2.49. The average molecular weight is 366 g/mol. The molecule has 10 heteroatoms. The number of ether oxygens (including phenoxy) is 2. The number of aromatic nitrogens is 1. The Hall–Kier alpha value is -1.39. The molecule has 1 aromatic heterocycles. The summed E-state index contributed by atoms with van der Waals surface area (Å²) < 4.78 is 72.0. The largest absolute Gasteiger partial charge is 0.511 e. The molecule has 1 spiro atoms. The number of sulfonamides is 1. The smallest absolute Gasteiger partial charge is 0.478 e. The van der Waals surface area contributed by atoms with E-state index in [1.807, 2.05) is 0 Å². The monoisotopic (exact) mass is 366 g/mol. The zero-order valence-electron chi connectivity index (χ0n) is 12.7. The summed E-state index contributed by atoms with van der Waals surface area (Å²) >= 11 is 0. The van der Waals surface area contributed by atoms with Gasteiger partial charge in [0.1, 0.15) is 0 Å². The van der Waals surface area contributed by atoms with Crippen molar-refractivity contribution in [1.29, 1.82) is 0 Å². The maximum absolute atomic E-state index is 12.6. The van der Waals surface area contributed by atoms with Crippen LogP contribution in [0.5, 0.6) is 5.88 Å². The van der Waals surface area contributed by atoms with E-state index in [1.54, 1.807) is 24.4 Å². The molecule has 2 aliphatic rings. The number of hydrogen-bond acceptors (Lipinski definition) is 5. The summed E-state index contributed by atoms with van der Waals surface area (Å²) in [4.78, 5) is 4.02. The lowest BCUT2D eigenvalue weighted by molar-refractivity contribution is -0.114. The Kier molecular flexibility index (Phi) is 4.47. The van der Waals surface area contributed by atoms with E-state index in [2.05, 4.69) is 4.98 Å². The Balaban J connectivity index is 1.55. The second-order valence-corrected chi connectivity index (χ2v) is 7.85. The molecule has 0 radical (unpaired) electrons. The molecular formula is C14H17F3N2O4S. The van der Waals surface area contributed by atoms with Crippen LogP contribution in [-0.4, -0.2) is 55.1 Å². The minimum atomic E-state index is -5.28. The minimum Gasteiger partial charge on any atom is -0.478 e. The molecule has 0 unspecified atom stereocenters. The normalized spacial score (nSPS) is 24.0. The number of pyridine rings is 1. The summed E-state index contributed by atoms with van der Waals surface area (Å²) in [5.74, 6) is 0.432. The predicted molar refractivity (Wildman–Crippen MR) is 77.7 cm³/mol. The molecule has 2 saturated heterocycles. The van der Waals surface area contributed by atoms with Gasteiger partial charge in [-0.15, -0.1) is 0 Å². The molecule has 0 saturated carbocycles. The lowest BCUT2D eigenvalue weighted by Crippen LogP contribution is -2.67. The fourth-order valence-corrected chi connectivity index (χ4v) is 4.22. The molecule has 6 nitrogen and oxygen atoms in total. The fraction of sp³-hybridized carbons (Fsp3) is 0.643. The van der Waals surface area contributed by atoms with Crippen LogP contribution >= 0.6 is 0 Å². The molecule has 3 rings (SSSR count). The first-order valence-corrected chi connectivity index (χ1v) is 8.93. The van der Waals surface area contributed by atoms with Crippen LogP contribution in [0.3, 0.4) is 0 Å². The van der Waals surface area contributed by atoms with Gasteiger partial charge in [0.15, 0.2) is 0 Å². The molecule has 3 heterocycles. The summed E-state index contributed by atoms with van der Waals surface area (Å²) in [7, 11) is -5.28. The van der Waals surface area contributed by atoms with Crippen molar-refractivity contribution < 1.29 is 31.1 Å². The third-order valence-corrected chi connectivity index (χ3v) is 6.00. The van der Waals surface area contributed by atoms with Crippen molar-refractivity contribution >= 4 is 10.0 Å². The van der Waals surface area contributed by atoms with Crippen molar-refractivity contribution in [2.45, 2.75) is 24.0 Å². The summed E-state index contributed by atoms with van der Waals surface area (Å²) in [5, 5.41) is 0. The molecule has 0 amide bonds. The fourth-order valence-electron chi connectivity index (χ4n) is 3.15. The van der Waals surface area contributed by atoms with Gasteiger partial charge in [-0.1, -0.05) is 6.07 Å². The Morgan fingerprint density at radius 3 is 2.75 bits per heavy atom. The first kappa shape index (κ1) is 17.4. The van der Waals surface area contributed by atoms with Crippen molar-refractivity contribution in [2.75, 3.05) is 26.3 Å². The minimum absolute atomic E-state index is 0.0408. The van der Waals surface area contributed by atoms with Gasteiger partial charge in [-0.05, 0) is 24.8 Å². The van der Waals surface area contributed by atoms with Crippen molar-refractivity contribution in [1.82, 2.24) is 9.29 Å². The van der Waals surface area contributed by atoms with Crippen LogP contribution in [0.15, 0.2) is 24.4 Å². The second kappa shape index (κ2) is 6.16. The molecular weight excluding hydrogens is 349 g/mol. The number of hydrogen-bond donors (Lipinski definition) is 0. The first-order chi connectivity index (χ1) is 11.2. The van der Waals surface area contributed by atoms with Crippen molar-refractivity contribution in [3.8, 4) is 5.88 Å². The van der Waals surface area contributed by atoms with E-state index in [0.29, 0.717) is 36.2 Å². The number of halogens is 3. The van der Waals surface area contributed by atoms with Gasteiger partial charge in [0, 0.05) is 32.0 Å². The lowest BCUT2D eigenvalue weighted by atomic mass is 9.80. The molecule has 1 aromatic rings. The van der Waals surface area contributed by atoms with E-state index in [9.17, 15) is 21.6 Å². The number of alkyl halides is 3. The molecule has 0 bridgehead atoms. The van der Waals surface area contributed by atoms with E-state index in [-0.39, 0.29) is 19.0 Å². The standard InChI is InChI=1S/C14H17F3N2O4S/c15-14(16,17)24(20,21)19-9-13(10-19)11(5-8-23-13)4-7-22-12-3-1-2-6-18-12/h1-3,6,11H,4-5,7-10H2/t11-/m1/s1. The van der Waals surface area contributed by atoms with E-state index >= 15 is 0 Å². The van der Waals surface area contributed by atoms with Crippen molar-refractivity contribution in [3.63, 3.8) is 0 Å². The zero-order chi connectivity index (χ0) is 17.4. The van der Waals surface area contributed by atoms with Crippen LogP contribution in [0.2, 0.25) is 0 Å². The number of rotatable bonds is 5. The van der Waals surface area contributed by atoms with Gasteiger partial charge in [-0.3, -0.25) is 0 Å². The highest BCUT2D eigenvalue weighted by Gasteiger charge is 2.61. The molecule has 0 aromatic carbocycles. The summed E-state index contributed by atoms with van der Waals surface area (Å²) in [6.45, 7) is 0.235. The predicted octanol–water partition coefficient (Wildman–Crippen LogP) is 1.79. The highest BCUT2D eigenvalue weighted by Crippen LogP contribution is 2.44. The maximum atomic E-state index is 12.6. The van der Waals surface area contributed by atoms with Gasteiger partial charge in [0.2, 0.25) is 5.88 Å². The van der Waals surface area contributed by atoms with E-state index in [4.69, 9.17) is 9.47 Å². The van der Waals surface area contributed by atoms with Crippen LogP contribution in [0, 0.1) is 5.92 Å². The average Bonchev–Trinajstić information content (AvgIpc) is 2.89. The zero-order valence-corrected chi connectivity index (χ0v) is 13.5. The number of nitrogens with zero attached hydrogens (tertiary/aromatic N) is 2. The molecule has 0 N–H and O–H groups in total. The Bertz CT molecular complexity index is 675. The van der Waals surface area contributed by atoms with Crippen molar-refractivity contribution in [2.24, 2.45) is 5.92 Å². The van der Waals surface area contributed by atoms with E-state index in [1.165, 1.54) is 0 Å². The molecule has 2 aliphatic heterocycles. The van der Waals surface area contributed by atoms with Gasteiger partial charge < -0.3 is 9.47 Å². The van der Waals surface area contributed by atoms with Gasteiger partial charge in [0.05, 0.1) is 12.2 Å². The summed E-state index contributed by atoms with van der Waals surface area (Å²) in [6, 6.07) is 5.26. The molecule has 1 atom stereocenters. The Morgan fingerprint density at radius 1 is 1.38 bits per heavy atom. The van der Waals surface area contributed by atoms with Gasteiger partial charge in [-0.25, -0.2) is 13.4 Å². The quantitative estimate of drug-likeness (QED) is 0.795. The van der Waals surface area contributed by atoms with Crippen LogP contribution in [0.1, 0.15) is 12.8 Å². The Morgan fingerprint density at radius 2 is 2.12 bits per heavy atom. The summed E-state index contributed by atoms with van der Waals surface area (Å²) in [6.07, 6.45) is 2.84. The SMILES string of the molecule is O=S(=O)(N1CC2(C1)OCC[C@H]2CCOc1ccccn1)C(F)(F)F. The summed E-state index contributed by atoms with van der Waals surface area (Å²) in [5.41, 5.74) is -6.10. The highest BCUT2D eigenvalue weighted by atomic mass is 32.2. The van der Waals surface area contributed by atoms with Gasteiger partial charge >= 0.3 is 15.5 Å². The molecule has 24 heavy (non-hydrogen) atoms. The third-order valence-electron chi connectivity index (χ3n) is 4.47. The molecule has 2 fully saturated rings.